The van der Waals surface area contributed by atoms with E-state index in [2.05, 4.69) is 27.9 Å². The first kappa shape index (κ1) is 25.8. The van der Waals surface area contributed by atoms with Crippen molar-refractivity contribution in [3.8, 4) is 11.5 Å². The maximum Gasteiger partial charge on any atom is 0.258 e. The molecule has 0 saturated heterocycles. The van der Waals surface area contributed by atoms with Gasteiger partial charge in [0, 0.05) is 12.6 Å². The Kier molecular flexibility index (Phi) is 11.1. The van der Waals surface area contributed by atoms with Crippen LogP contribution >= 0.6 is 24.0 Å². The number of benzene rings is 2. The molecule has 174 valence electrons. The molecule has 2 aromatic carbocycles. The zero-order valence-corrected chi connectivity index (χ0v) is 21.1. The maximum absolute atomic E-state index is 11.8. The van der Waals surface area contributed by atoms with Crippen molar-refractivity contribution in [2.24, 2.45) is 4.99 Å². The van der Waals surface area contributed by atoms with Crippen LogP contribution in [0.25, 0.3) is 0 Å². The molecule has 1 aliphatic rings. The van der Waals surface area contributed by atoms with Gasteiger partial charge in [0.1, 0.15) is 18.1 Å². The fourth-order valence-electron chi connectivity index (χ4n) is 2.86. The van der Waals surface area contributed by atoms with Gasteiger partial charge < -0.3 is 25.4 Å². The fourth-order valence-corrected chi connectivity index (χ4v) is 2.86. The molecule has 0 aliphatic heterocycles. The van der Waals surface area contributed by atoms with E-state index in [1.54, 1.807) is 0 Å². The SMILES string of the molecule is CCNC(=NCc1cccc(OCC(=O)NC2CC2)c1)NCCOc1ccc(C)cc1.I. The van der Waals surface area contributed by atoms with Crippen LogP contribution < -0.4 is 25.4 Å². The van der Waals surface area contributed by atoms with Gasteiger partial charge in [0.15, 0.2) is 12.6 Å². The van der Waals surface area contributed by atoms with E-state index in [1.165, 1.54) is 5.56 Å². The molecule has 0 bridgehead atoms. The second-order valence-electron chi connectivity index (χ2n) is 7.56. The Hall–Kier alpha value is -2.49. The third kappa shape index (κ3) is 9.76. The third-order valence-electron chi connectivity index (χ3n) is 4.66. The first-order valence-corrected chi connectivity index (χ1v) is 10.8. The van der Waals surface area contributed by atoms with Crippen molar-refractivity contribution in [2.45, 2.75) is 39.3 Å². The minimum atomic E-state index is -0.0718. The number of aryl methyl sites for hydroxylation is 1. The first-order valence-electron chi connectivity index (χ1n) is 10.8. The van der Waals surface area contributed by atoms with Crippen molar-refractivity contribution in [1.29, 1.82) is 0 Å². The van der Waals surface area contributed by atoms with E-state index < -0.39 is 0 Å². The van der Waals surface area contributed by atoms with Crippen molar-refractivity contribution in [3.05, 3.63) is 59.7 Å². The van der Waals surface area contributed by atoms with Gasteiger partial charge in [-0.15, -0.1) is 24.0 Å². The van der Waals surface area contributed by atoms with Gasteiger partial charge in [-0.3, -0.25) is 4.79 Å². The fraction of sp³-hybridized carbons (Fsp3) is 0.417. The molecule has 8 heteroatoms. The lowest BCUT2D eigenvalue weighted by Crippen LogP contribution is -2.39. The van der Waals surface area contributed by atoms with Gasteiger partial charge in [-0.25, -0.2) is 4.99 Å². The number of carbonyl (C=O) groups excluding carboxylic acids is 1. The van der Waals surface area contributed by atoms with E-state index >= 15 is 0 Å². The molecule has 32 heavy (non-hydrogen) atoms. The standard InChI is InChI=1S/C24H32N4O3.HI/c1-3-25-24(26-13-14-30-21-11-7-18(2)8-12-21)27-16-19-5-4-6-22(15-19)31-17-23(29)28-20-9-10-20;/h4-8,11-12,15,20H,3,9-10,13-14,16-17H2,1-2H3,(H,28,29)(H2,25,26,27);1H. The summed E-state index contributed by atoms with van der Waals surface area (Å²) in [5.41, 5.74) is 2.22. The van der Waals surface area contributed by atoms with Crippen LogP contribution in [0.4, 0.5) is 0 Å². The normalized spacial score (nSPS) is 13.0. The number of guanidine groups is 1. The number of carbonyl (C=O) groups is 1. The molecule has 3 N–H and O–H groups in total. The van der Waals surface area contributed by atoms with Gasteiger partial charge in [0.2, 0.25) is 0 Å². The van der Waals surface area contributed by atoms with E-state index in [0.717, 1.165) is 36.7 Å². The molecule has 2 aromatic rings. The molecule has 3 rings (SSSR count). The number of ether oxygens (including phenoxy) is 2. The van der Waals surface area contributed by atoms with Gasteiger partial charge in [0.25, 0.3) is 5.91 Å². The van der Waals surface area contributed by atoms with Crippen molar-refractivity contribution in [3.63, 3.8) is 0 Å². The number of nitrogens with zero attached hydrogens (tertiary/aromatic N) is 1. The summed E-state index contributed by atoms with van der Waals surface area (Å²) in [5.74, 6) is 2.18. The van der Waals surface area contributed by atoms with E-state index in [4.69, 9.17) is 9.47 Å². The topological polar surface area (TPSA) is 84.0 Å². The van der Waals surface area contributed by atoms with E-state index in [-0.39, 0.29) is 36.5 Å². The molecule has 1 fully saturated rings. The highest BCUT2D eigenvalue weighted by atomic mass is 127. The van der Waals surface area contributed by atoms with Crippen molar-refractivity contribution >= 4 is 35.8 Å². The lowest BCUT2D eigenvalue weighted by atomic mass is 10.2. The molecule has 0 unspecified atom stereocenters. The molecular weight excluding hydrogens is 519 g/mol. The molecular formula is C24H33IN4O3. The Morgan fingerprint density at radius 3 is 2.56 bits per heavy atom. The van der Waals surface area contributed by atoms with Crippen molar-refractivity contribution < 1.29 is 14.3 Å². The lowest BCUT2D eigenvalue weighted by Gasteiger charge is -2.12. The number of hydrogen-bond acceptors (Lipinski definition) is 4. The number of rotatable bonds is 11. The second-order valence-corrected chi connectivity index (χ2v) is 7.56. The monoisotopic (exact) mass is 552 g/mol. The van der Waals surface area contributed by atoms with Gasteiger partial charge in [-0.2, -0.15) is 0 Å². The summed E-state index contributed by atoms with van der Waals surface area (Å²) in [6, 6.07) is 16.0. The number of aliphatic imine (C=N–C) groups is 1. The second kappa shape index (κ2) is 13.8. The Morgan fingerprint density at radius 2 is 1.84 bits per heavy atom. The van der Waals surface area contributed by atoms with Crippen LogP contribution in [0.3, 0.4) is 0 Å². The minimum absolute atomic E-state index is 0. The van der Waals surface area contributed by atoms with Crippen LogP contribution in [-0.2, 0) is 11.3 Å². The van der Waals surface area contributed by atoms with Crippen LogP contribution in [0.1, 0.15) is 30.9 Å². The zero-order valence-electron chi connectivity index (χ0n) is 18.7. The highest BCUT2D eigenvalue weighted by Gasteiger charge is 2.23. The molecule has 0 spiro atoms. The summed E-state index contributed by atoms with van der Waals surface area (Å²) in [5, 5.41) is 9.44. The third-order valence-corrected chi connectivity index (χ3v) is 4.66. The molecule has 0 radical (unpaired) electrons. The summed E-state index contributed by atoms with van der Waals surface area (Å²) in [6.07, 6.45) is 2.14. The Morgan fingerprint density at radius 1 is 1.06 bits per heavy atom. The minimum Gasteiger partial charge on any atom is -0.492 e. The van der Waals surface area contributed by atoms with Crippen LogP contribution in [0.2, 0.25) is 0 Å². The smallest absolute Gasteiger partial charge is 0.258 e. The van der Waals surface area contributed by atoms with Crippen LogP contribution in [0, 0.1) is 6.92 Å². The first-order chi connectivity index (χ1) is 15.1. The summed E-state index contributed by atoms with van der Waals surface area (Å²) in [4.78, 5) is 16.4. The van der Waals surface area contributed by atoms with E-state index in [9.17, 15) is 4.79 Å². The van der Waals surface area contributed by atoms with Gasteiger partial charge in [-0.05, 0) is 56.5 Å². The van der Waals surface area contributed by atoms with Gasteiger partial charge in [-0.1, -0.05) is 29.8 Å². The summed E-state index contributed by atoms with van der Waals surface area (Å²) in [6.45, 7) is 6.57. The van der Waals surface area contributed by atoms with E-state index in [1.807, 2.05) is 55.5 Å². The van der Waals surface area contributed by atoms with Gasteiger partial charge >= 0.3 is 0 Å². The summed E-state index contributed by atoms with van der Waals surface area (Å²) >= 11 is 0. The molecule has 1 aliphatic carbocycles. The lowest BCUT2D eigenvalue weighted by molar-refractivity contribution is -0.123. The predicted molar refractivity (Wildman–Crippen MR) is 138 cm³/mol. The number of amides is 1. The molecule has 1 saturated carbocycles. The number of halogens is 1. The molecule has 0 atom stereocenters. The Bertz CT molecular complexity index is 870. The maximum atomic E-state index is 11.8. The molecule has 0 aromatic heterocycles. The summed E-state index contributed by atoms with van der Waals surface area (Å²) < 4.78 is 11.4. The Balaban J connectivity index is 0.00000363. The predicted octanol–water partition coefficient (Wildman–Crippen LogP) is 3.40. The van der Waals surface area contributed by atoms with Crippen LogP contribution in [0.5, 0.6) is 11.5 Å². The van der Waals surface area contributed by atoms with Crippen LogP contribution in [-0.4, -0.2) is 44.2 Å². The van der Waals surface area contributed by atoms with Crippen LogP contribution in [0.15, 0.2) is 53.5 Å². The quantitative estimate of drug-likeness (QED) is 0.172. The largest absolute Gasteiger partial charge is 0.492 e. The average molecular weight is 552 g/mol. The van der Waals surface area contributed by atoms with Crippen molar-refractivity contribution in [1.82, 2.24) is 16.0 Å². The average Bonchev–Trinajstić information content (AvgIpc) is 3.59. The molecule has 1 amide bonds. The van der Waals surface area contributed by atoms with Crippen molar-refractivity contribution in [2.75, 3.05) is 26.3 Å². The number of hydrogen-bond donors (Lipinski definition) is 3. The van der Waals surface area contributed by atoms with Gasteiger partial charge in [0.05, 0.1) is 13.1 Å². The highest BCUT2D eigenvalue weighted by molar-refractivity contribution is 14.0. The summed E-state index contributed by atoms with van der Waals surface area (Å²) in [7, 11) is 0. The molecule has 7 nitrogen and oxygen atoms in total. The number of nitrogens with one attached hydrogen (secondary N) is 3. The Labute approximate surface area is 207 Å². The zero-order chi connectivity index (χ0) is 21.9. The molecule has 0 heterocycles. The van der Waals surface area contributed by atoms with E-state index in [0.29, 0.717) is 31.5 Å². The highest BCUT2D eigenvalue weighted by Crippen LogP contribution is 2.18.